The molecule has 1 N–H and O–H groups in total. The number of methoxy groups -OCH3 is 1. The minimum Gasteiger partial charge on any atom is -0.382 e. The maximum absolute atomic E-state index is 12.4. The number of amides is 1. The van der Waals surface area contributed by atoms with Gasteiger partial charge in [0.2, 0.25) is 11.8 Å². The van der Waals surface area contributed by atoms with Gasteiger partial charge in [0.25, 0.3) is 0 Å². The van der Waals surface area contributed by atoms with Gasteiger partial charge in [0, 0.05) is 25.0 Å². The van der Waals surface area contributed by atoms with Crippen molar-refractivity contribution in [3.8, 4) is 0 Å². The second-order valence-electron chi connectivity index (χ2n) is 7.54. The molecule has 0 aromatic carbocycles. The lowest BCUT2D eigenvalue weighted by Gasteiger charge is -2.22. The molecule has 0 saturated heterocycles. The molecule has 0 saturated carbocycles. The van der Waals surface area contributed by atoms with E-state index in [1.807, 2.05) is 13.8 Å². The van der Waals surface area contributed by atoms with Crippen molar-refractivity contribution in [2.24, 2.45) is 0 Å². The average molecular weight is 427 g/mol. The van der Waals surface area contributed by atoms with E-state index in [0.717, 1.165) is 0 Å². The van der Waals surface area contributed by atoms with Gasteiger partial charge >= 0.3 is 6.18 Å². The van der Waals surface area contributed by atoms with Crippen molar-refractivity contribution in [2.45, 2.75) is 56.9 Å². The molecule has 0 aliphatic rings. The molecule has 0 aliphatic carbocycles. The zero-order valence-corrected chi connectivity index (χ0v) is 17.8. The van der Waals surface area contributed by atoms with E-state index in [1.54, 1.807) is 27.0 Å². The molecule has 0 spiro atoms. The second-order valence-corrected chi connectivity index (χ2v) is 9.25. The Hall–Kier alpha value is -1.26. The first-order chi connectivity index (χ1) is 12.9. The number of aromatic nitrogens is 1. The van der Waals surface area contributed by atoms with Crippen LogP contribution in [0.3, 0.4) is 0 Å². The number of nitrogens with one attached hydrogen (secondary N) is 1. The molecular weight excluding hydrogens is 397 g/mol. The largest absolute Gasteiger partial charge is 0.389 e. The topological polar surface area (TPSA) is 73.6 Å². The number of hydrogen-bond donors (Lipinski definition) is 1. The molecule has 1 aromatic rings. The summed E-state index contributed by atoms with van der Waals surface area (Å²) in [5.41, 5.74) is 0.193. The van der Waals surface area contributed by atoms with Crippen LogP contribution in [0.4, 0.5) is 19.1 Å². The highest BCUT2D eigenvalue weighted by Gasteiger charge is 2.32. The van der Waals surface area contributed by atoms with Crippen LogP contribution in [0.2, 0.25) is 0 Å². The zero-order valence-electron chi connectivity index (χ0n) is 16.9. The quantitative estimate of drug-likeness (QED) is 0.499. The number of thioether (sulfide) groups is 1. The Labute approximate surface area is 167 Å². The molecule has 1 rings (SSSR count). The van der Waals surface area contributed by atoms with E-state index in [4.69, 9.17) is 14.0 Å². The molecule has 0 fully saturated rings. The summed E-state index contributed by atoms with van der Waals surface area (Å²) in [7, 11) is 1.59. The Morgan fingerprint density at radius 1 is 1.25 bits per heavy atom. The fourth-order valence-electron chi connectivity index (χ4n) is 2.12. The van der Waals surface area contributed by atoms with Crippen molar-refractivity contribution < 1.29 is 32.0 Å². The predicted octanol–water partition coefficient (Wildman–Crippen LogP) is 4.41. The molecule has 0 bridgehead atoms. The average Bonchev–Trinajstić information content (AvgIpc) is 3.04. The van der Waals surface area contributed by atoms with Crippen LogP contribution in [-0.4, -0.2) is 54.7 Å². The van der Waals surface area contributed by atoms with Gasteiger partial charge in [0.1, 0.15) is 0 Å². The van der Waals surface area contributed by atoms with E-state index in [1.165, 1.54) is 11.8 Å². The van der Waals surface area contributed by atoms with Crippen LogP contribution in [0, 0.1) is 0 Å². The first-order valence-electron chi connectivity index (χ1n) is 8.93. The standard InChI is InChI=1S/C18H29F3N2O4S/c1-16(2,12-26-9-8-25-5)13-11-14(27-23-13)22-15(24)17(3,4)28-10-6-7-18(19,20)21/h11H,6-10,12H2,1-5H3,(H,22,24). The normalized spacial score (nSPS) is 13.0. The summed E-state index contributed by atoms with van der Waals surface area (Å²) >= 11 is 1.17. The molecule has 6 nitrogen and oxygen atoms in total. The predicted molar refractivity (Wildman–Crippen MR) is 103 cm³/mol. The maximum Gasteiger partial charge on any atom is 0.389 e. The zero-order chi connectivity index (χ0) is 21.4. The monoisotopic (exact) mass is 426 g/mol. The SMILES string of the molecule is COCCOCC(C)(C)c1cc(NC(=O)C(C)(C)SCCCC(F)(F)F)on1. The number of halogens is 3. The Morgan fingerprint density at radius 2 is 1.93 bits per heavy atom. The maximum atomic E-state index is 12.4. The summed E-state index contributed by atoms with van der Waals surface area (Å²) in [5.74, 6) is 0.0586. The van der Waals surface area contributed by atoms with Crippen LogP contribution in [-0.2, 0) is 19.7 Å². The lowest BCUT2D eigenvalue weighted by molar-refractivity contribution is -0.134. The van der Waals surface area contributed by atoms with Crippen molar-refractivity contribution >= 4 is 23.6 Å². The number of nitrogens with zero attached hydrogens (tertiary/aromatic N) is 1. The molecule has 1 amide bonds. The van der Waals surface area contributed by atoms with Crippen LogP contribution in [0.5, 0.6) is 0 Å². The van der Waals surface area contributed by atoms with Gasteiger partial charge in [0.05, 0.1) is 30.3 Å². The summed E-state index contributed by atoms with van der Waals surface area (Å²) in [6, 6.07) is 1.63. The van der Waals surface area contributed by atoms with Gasteiger partial charge in [0.15, 0.2) is 0 Å². The molecule has 10 heteroatoms. The third-order valence-electron chi connectivity index (χ3n) is 3.95. The number of anilines is 1. The van der Waals surface area contributed by atoms with E-state index >= 15 is 0 Å². The van der Waals surface area contributed by atoms with Crippen molar-refractivity contribution in [2.75, 3.05) is 38.0 Å². The number of alkyl halides is 3. The third kappa shape index (κ3) is 8.83. The van der Waals surface area contributed by atoms with Gasteiger partial charge in [-0.15, -0.1) is 11.8 Å². The van der Waals surface area contributed by atoms with Crippen LogP contribution < -0.4 is 5.32 Å². The molecule has 162 valence electrons. The van der Waals surface area contributed by atoms with Crippen LogP contribution in [0.15, 0.2) is 10.6 Å². The van der Waals surface area contributed by atoms with Crippen molar-refractivity contribution in [1.29, 1.82) is 0 Å². The highest BCUT2D eigenvalue weighted by atomic mass is 32.2. The molecule has 1 heterocycles. The number of carbonyl (C=O) groups is 1. The van der Waals surface area contributed by atoms with Gasteiger partial charge in [-0.05, 0) is 26.0 Å². The second kappa shape index (κ2) is 10.5. The van der Waals surface area contributed by atoms with Gasteiger partial charge < -0.3 is 14.0 Å². The summed E-state index contributed by atoms with van der Waals surface area (Å²) < 4.78 is 51.4. The Bertz CT molecular complexity index is 618. The summed E-state index contributed by atoms with van der Waals surface area (Å²) in [5, 5.41) is 6.63. The molecule has 0 radical (unpaired) electrons. The molecule has 0 atom stereocenters. The minimum absolute atomic E-state index is 0.0331. The van der Waals surface area contributed by atoms with E-state index in [0.29, 0.717) is 25.5 Å². The third-order valence-corrected chi connectivity index (χ3v) is 5.35. The molecule has 1 aromatic heterocycles. The first kappa shape index (κ1) is 24.8. The van der Waals surface area contributed by atoms with Crippen molar-refractivity contribution in [3.05, 3.63) is 11.8 Å². The van der Waals surface area contributed by atoms with Gasteiger partial charge in [-0.3, -0.25) is 10.1 Å². The number of rotatable bonds is 12. The van der Waals surface area contributed by atoms with E-state index in [-0.39, 0.29) is 24.0 Å². The van der Waals surface area contributed by atoms with Gasteiger partial charge in [-0.25, -0.2) is 0 Å². The summed E-state index contributed by atoms with van der Waals surface area (Å²) in [6.07, 6.45) is -5.07. The van der Waals surface area contributed by atoms with Gasteiger partial charge in [-0.2, -0.15) is 13.2 Å². The summed E-state index contributed by atoms with van der Waals surface area (Å²) in [4.78, 5) is 12.4. The smallest absolute Gasteiger partial charge is 0.382 e. The first-order valence-corrected chi connectivity index (χ1v) is 9.92. The van der Waals surface area contributed by atoms with Gasteiger partial charge in [-0.1, -0.05) is 19.0 Å². The molecular formula is C18H29F3N2O4S. The molecule has 0 aliphatic heterocycles. The van der Waals surface area contributed by atoms with Crippen LogP contribution in [0.25, 0.3) is 0 Å². The molecule has 28 heavy (non-hydrogen) atoms. The lowest BCUT2D eigenvalue weighted by atomic mass is 9.90. The fraction of sp³-hybridized carbons (Fsp3) is 0.778. The summed E-state index contributed by atoms with van der Waals surface area (Å²) in [6.45, 7) is 8.54. The Kier molecular flexibility index (Phi) is 9.29. The van der Waals surface area contributed by atoms with Crippen molar-refractivity contribution in [3.63, 3.8) is 0 Å². The lowest BCUT2D eigenvalue weighted by Crippen LogP contribution is -2.34. The van der Waals surface area contributed by atoms with Crippen molar-refractivity contribution in [1.82, 2.24) is 5.16 Å². The van der Waals surface area contributed by atoms with E-state index in [2.05, 4.69) is 10.5 Å². The Morgan fingerprint density at radius 3 is 2.54 bits per heavy atom. The Balaban J connectivity index is 2.55. The van der Waals surface area contributed by atoms with E-state index < -0.39 is 22.8 Å². The fourth-order valence-corrected chi connectivity index (χ4v) is 3.11. The number of hydrogen-bond acceptors (Lipinski definition) is 6. The van der Waals surface area contributed by atoms with Crippen LogP contribution >= 0.6 is 11.8 Å². The molecule has 0 unspecified atom stereocenters. The highest BCUT2D eigenvalue weighted by Crippen LogP contribution is 2.30. The number of ether oxygens (including phenoxy) is 2. The minimum atomic E-state index is -4.18. The highest BCUT2D eigenvalue weighted by molar-refractivity contribution is 8.01. The number of carbonyl (C=O) groups excluding carboxylic acids is 1. The van der Waals surface area contributed by atoms with E-state index in [9.17, 15) is 18.0 Å². The van der Waals surface area contributed by atoms with Crippen LogP contribution in [0.1, 0.15) is 46.2 Å².